The molecule has 0 aromatic rings. The molecule has 0 aliphatic carbocycles. The van der Waals surface area contributed by atoms with Gasteiger partial charge < -0.3 is 10.4 Å². The molecule has 90 valence electrons. The largest absolute Gasteiger partial charge is 0.465 e. The molecule has 0 unspecified atom stereocenters. The van der Waals surface area contributed by atoms with Crippen LogP contribution in [0.15, 0.2) is 0 Å². The summed E-state index contributed by atoms with van der Waals surface area (Å²) < 4.78 is 23.7. The van der Waals surface area contributed by atoms with Crippen molar-refractivity contribution in [1.29, 1.82) is 0 Å². The fourth-order valence-corrected chi connectivity index (χ4v) is 3.31. The van der Waals surface area contributed by atoms with Gasteiger partial charge in [-0.05, 0) is 20.8 Å². The number of carbonyl (C=O) groups is 1. The number of nitrogens with one attached hydrogen (secondary N) is 1. The standard InChI is InChI=1S/C8H18N2O4S/c1-4-10(5-2,6-3)15(13,14)7-9-8(11)12/h9H,4-7H2,1-3H3/p+1. The maximum absolute atomic E-state index is 11.9. The number of hydrogen-bond donors (Lipinski definition) is 2. The lowest BCUT2D eigenvalue weighted by Crippen LogP contribution is -2.55. The number of rotatable bonds is 6. The second-order valence-corrected chi connectivity index (χ2v) is 5.44. The zero-order valence-electron chi connectivity index (χ0n) is 9.36. The molecule has 0 aliphatic heterocycles. The maximum Gasteiger partial charge on any atom is 0.405 e. The van der Waals surface area contributed by atoms with Crippen LogP contribution < -0.4 is 5.32 Å². The van der Waals surface area contributed by atoms with Gasteiger partial charge in [0.1, 0.15) is 0 Å². The molecule has 0 aromatic carbocycles. The van der Waals surface area contributed by atoms with Crippen molar-refractivity contribution < 1.29 is 22.2 Å². The molecule has 0 saturated heterocycles. The molecule has 0 bridgehead atoms. The molecule has 15 heavy (non-hydrogen) atoms. The van der Waals surface area contributed by atoms with Crippen LogP contribution in [0.4, 0.5) is 4.79 Å². The van der Waals surface area contributed by atoms with Crippen molar-refractivity contribution in [2.45, 2.75) is 20.8 Å². The number of sulfonamides is 1. The van der Waals surface area contributed by atoms with Crippen molar-refractivity contribution in [3.8, 4) is 0 Å². The molecule has 0 aromatic heterocycles. The van der Waals surface area contributed by atoms with E-state index in [9.17, 15) is 13.2 Å². The molecule has 0 saturated carbocycles. The van der Waals surface area contributed by atoms with Crippen LogP contribution >= 0.6 is 0 Å². The molecule has 1 amide bonds. The predicted octanol–water partition coefficient (Wildman–Crippen LogP) is 0.418. The lowest BCUT2D eigenvalue weighted by Gasteiger charge is -2.33. The first-order valence-corrected chi connectivity index (χ1v) is 6.52. The number of carboxylic acid groups (broad SMARTS) is 1. The first-order chi connectivity index (χ1) is 6.85. The van der Waals surface area contributed by atoms with Crippen LogP contribution in [0.2, 0.25) is 0 Å². The molecule has 7 heteroatoms. The topological polar surface area (TPSA) is 83.5 Å². The van der Waals surface area contributed by atoms with Crippen molar-refractivity contribution in [3.63, 3.8) is 0 Å². The van der Waals surface area contributed by atoms with Gasteiger partial charge in [-0.2, -0.15) is 8.42 Å². The minimum Gasteiger partial charge on any atom is -0.465 e. The van der Waals surface area contributed by atoms with E-state index in [4.69, 9.17) is 5.11 Å². The molecule has 2 N–H and O–H groups in total. The summed E-state index contributed by atoms with van der Waals surface area (Å²) in [5.41, 5.74) is 0. The Morgan fingerprint density at radius 2 is 1.60 bits per heavy atom. The molecule has 0 heterocycles. The summed E-state index contributed by atoms with van der Waals surface area (Å²) in [6.07, 6.45) is -1.32. The van der Waals surface area contributed by atoms with Crippen molar-refractivity contribution in [2.24, 2.45) is 0 Å². The molecule has 0 spiro atoms. The first-order valence-electron chi connectivity index (χ1n) is 4.91. The number of nitrogens with zero attached hydrogens (tertiary/aromatic N) is 1. The van der Waals surface area contributed by atoms with E-state index in [2.05, 4.69) is 0 Å². The first kappa shape index (κ1) is 14.2. The van der Waals surface area contributed by atoms with Gasteiger partial charge in [0.2, 0.25) is 0 Å². The normalized spacial score (nSPS) is 12.5. The summed E-state index contributed by atoms with van der Waals surface area (Å²) >= 11 is 0. The number of amides is 1. The Bertz CT molecular complexity index is 300. The lowest BCUT2D eigenvalue weighted by atomic mass is 10.5. The molecule has 0 rings (SSSR count). The summed E-state index contributed by atoms with van der Waals surface area (Å²) in [4.78, 5) is 10.3. The summed E-state index contributed by atoms with van der Waals surface area (Å²) in [5.74, 6) is -0.530. The lowest BCUT2D eigenvalue weighted by molar-refractivity contribution is -0.800. The number of quaternary nitrogens is 1. The highest BCUT2D eigenvalue weighted by Crippen LogP contribution is 2.14. The fourth-order valence-electron chi connectivity index (χ4n) is 1.55. The third kappa shape index (κ3) is 3.07. The smallest absolute Gasteiger partial charge is 0.405 e. The highest BCUT2D eigenvalue weighted by molar-refractivity contribution is 7.85. The van der Waals surface area contributed by atoms with Crippen molar-refractivity contribution in [2.75, 3.05) is 25.5 Å². The van der Waals surface area contributed by atoms with Gasteiger partial charge in [-0.1, -0.05) is 0 Å². The van der Waals surface area contributed by atoms with Crippen LogP contribution in [0.25, 0.3) is 0 Å². The SMILES string of the molecule is CC[N+](CC)(CC)S(=O)(=O)CNC(=O)O. The molecular weight excluding hydrogens is 220 g/mol. The van der Waals surface area contributed by atoms with Crippen LogP contribution in [0, 0.1) is 0 Å². The molecule has 0 radical (unpaired) electrons. The highest BCUT2D eigenvalue weighted by Gasteiger charge is 2.37. The van der Waals surface area contributed by atoms with Crippen LogP contribution in [0.1, 0.15) is 20.8 Å². The van der Waals surface area contributed by atoms with E-state index in [0.29, 0.717) is 19.6 Å². The third-order valence-corrected chi connectivity index (χ3v) is 5.19. The van der Waals surface area contributed by atoms with Gasteiger partial charge in [-0.3, -0.25) is 0 Å². The van der Waals surface area contributed by atoms with E-state index in [-0.39, 0.29) is 3.89 Å². The van der Waals surface area contributed by atoms with Crippen molar-refractivity contribution in [3.05, 3.63) is 0 Å². The van der Waals surface area contributed by atoms with E-state index in [0.717, 1.165) is 0 Å². The highest BCUT2D eigenvalue weighted by atomic mass is 32.2. The minimum absolute atomic E-state index is 0.0900. The van der Waals surface area contributed by atoms with Crippen LogP contribution in [-0.2, 0) is 10.0 Å². The van der Waals surface area contributed by atoms with Gasteiger partial charge in [0.15, 0.2) is 5.88 Å². The Balaban J connectivity index is 4.88. The second kappa shape index (κ2) is 5.32. The van der Waals surface area contributed by atoms with Gasteiger partial charge in [0.05, 0.1) is 19.6 Å². The van der Waals surface area contributed by atoms with Crippen molar-refractivity contribution >= 4 is 16.1 Å². The van der Waals surface area contributed by atoms with Gasteiger partial charge in [0.25, 0.3) is 0 Å². The summed E-state index contributed by atoms with van der Waals surface area (Å²) in [5, 5.41) is 10.3. The predicted molar refractivity (Wildman–Crippen MR) is 56.8 cm³/mol. The Kier molecular flexibility index (Phi) is 5.02. The Labute approximate surface area is 90.5 Å². The minimum atomic E-state index is -3.48. The van der Waals surface area contributed by atoms with Crippen LogP contribution in [-0.4, -0.2) is 49.0 Å². The summed E-state index contributed by atoms with van der Waals surface area (Å²) in [6.45, 7) is 6.67. The number of hydrogen-bond acceptors (Lipinski definition) is 3. The monoisotopic (exact) mass is 239 g/mol. The van der Waals surface area contributed by atoms with E-state index in [1.54, 1.807) is 20.8 Å². The van der Waals surface area contributed by atoms with Gasteiger partial charge in [-0.25, -0.2) is 8.68 Å². The molecule has 6 nitrogen and oxygen atoms in total. The van der Waals surface area contributed by atoms with Gasteiger partial charge in [-0.15, -0.1) is 0 Å². The Morgan fingerprint density at radius 3 is 1.87 bits per heavy atom. The van der Waals surface area contributed by atoms with E-state index >= 15 is 0 Å². The van der Waals surface area contributed by atoms with E-state index < -0.39 is 22.0 Å². The van der Waals surface area contributed by atoms with Crippen LogP contribution in [0.5, 0.6) is 0 Å². The Morgan fingerprint density at radius 1 is 1.20 bits per heavy atom. The molecule has 0 aliphatic rings. The second-order valence-electron chi connectivity index (χ2n) is 3.21. The average Bonchev–Trinajstić information content (AvgIpc) is 2.18. The summed E-state index contributed by atoms with van der Waals surface area (Å²) in [6, 6.07) is 0. The van der Waals surface area contributed by atoms with Crippen LogP contribution in [0.3, 0.4) is 0 Å². The quantitative estimate of drug-likeness (QED) is 0.658. The summed E-state index contributed by atoms with van der Waals surface area (Å²) in [7, 11) is -3.48. The zero-order chi connectivity index (χ0) is 12.1. The van der Waals surface area contributed by atoms with Crippen molar-refractivity contribution in [1.82, 2.24) is 5.32 Å². The molecule has 0 fully saturated rings. The van der Waals surface area contributed by atoms with Gasteiger partial charge >= 0.3 is 16.1 Å². The molecular formula is C8H19N2O4S+. The average molecular weight is 239 g/mol. The van der Waals surface area contributed by atoms with E-state index in [1.165, 1.54) is 0 Å². The maximum atomic E-state index is 11.9. The molecule has 0 atom stereocenters. The fraction of sp³-hybridized carbons (Fsp3) is 0.875. The Hall–Kier alpha value is -0.820. The van der Waals surface area contributed by atoms with Gasteiger partial charge in [0, 0.05) is 0 Å². The zero-order valence-corrected chi connectivity index (χ0v) is 10.2. The van der Waals surface area contributed by atoms with E-state index in [1.807, 2.05) is 5.32 Å². The third-order valence-electron chi connectivity index (χ3n) is 2.72.